The van der Waals surface area contributed by atoms with E-state index in [1.54, 1.807) is 0 Å². The lowest BCUT2D eigenvalue weighted by Gasteiger charge is -2.24. The van der Waals surface area contributed by atoms with Gasteiger partial charge in [-0.2, -0.15) is 0 Å². The molecule has 0 aromatic carbocycles. The van der Waals surface area contributed by atoms with Crippen LogP contribution in [0.4, 0.5) is 0 Å². The quantitative estimate of drug-likeness (QED) is 0.753. The van der Waals surface area contributed by atoms with Gasteiger partial charge in [0.1, 0.15) is 0 Å². The monoisotopic (exact) mass is 266 g/mol. The lowest BCUT2D eigenvalue weighted by atomic mass is 10.3. The van der Waals surface area contributed by atoms with Crippen molar-refractivity contribution in [2.45, 2.75) is 50.4 Å². The molecule has 3 nitrogen and oxygen atoms in total. The summed E-state index contributed by atoms with van der Waals surface area (Å²) >= 11 is 1.81. The van der Waals surface area contributed by atoms with Gasteiger partial charge in [-0.15, -0.1) is 11.3 Å². The standard InChI is InChI=1S/C14H22N2OS/c17-13(8-15-11-3-4-11)9-16(12-5-6-12)10-14-2-1-7-18-14/h1-2,7,11-13,15,17H,3-6,8-10H2. The number of hydrogen-bond acceptors (Lipinski definition) is 4. The van der Waals surface area contributed by atoms with Crippen LogP contribution in [0, 0.1) is 0 Å². The van der Waals surface area contributed by atoms with E-state index < -0.39 is 0 Å². The second kappa shape index (κ2) is 5.70. The van der Waals surface area contributed by atoms with Crippen molar-refractivity contribution in [3.63, 3.8) is 0 Å². The van der Waals surface area contributed by atoms with Gasteiger partial charge in [-0.05, 0) is 37.1 Å². The zero-order valence-electron chi connectivity index (χ0n) is 10.7. The van der Waals surface area contributed by atoms with Gasteiger partial charge in [-0.1, -0.05) is 6.07 Å². The number of nitrogens with zero attached hydrogens (tertiary/aromatic N) is 1. The maximum Gasteiger partial charge on any atom is 0.0791 e. The second-order valence-corrected chi connectivity index (χ2v) is 6.61. The van der Waals surface area contributed by atoms with Gasteiger partial charge in [0, 0.05) is 36.6 Å². The molecule has 18 heavy (non-hydrogen) atoms. The molecule has 0 radical (unpaired) electrons. The lowest BCUT2D eigenvalue weighted by Crippen LogP contribution is -2.39. The van der Waals surface area contributed by atoms with Gasteiger partial charge in [-0.3, -0.25) is 4.90 Å². The Labute approximate surface area is 113 Å². The molecule has 1 aromatic heterocycles. The van der Waals surface area contributed by atoms with Crippen LogP contribution in [0.3, 0.4) is 0 Å². The topological polar surface area (TPSA) is 35.5 Å². The minimum Gasteiger partial charge on any atom is -0.390 e. The fraction of sp³-hybridized carbons (Fsp3) is 0.714. The van der Waals surface area contributed by atoms with Crippen molar-refractivity contribution >= 4 is 11.3 Å². The van der Waals surface area contributed by atoms with Crippen LogP contribution < -0.4 is 5.32 Å². The van der Waals surface area contributed by atoms with E-state index in [1.807, 2.05) is 11.3 Å². The molecule has 1 aromatic rings. The highest BCUT2D eigenvalue weighted by atomic mass is 32.1. The first-order valence-electron chi connectivity index (χ1n) is 6.99. The van der Waals surface area contributed by atoms with Crippen molar-refractivity contribution in [3.05, 3.63) is 22.4 Å². The summed E-state index contributed by atoms with van der Waals surface area (Å²) in [6.07, 6.45) is 4.94. The number of aliphatic hydroxyl groups excluding tert-OH is 1. The van der Waals surface area contributed by atoms with Crippen LogP contribution in [0.25, 0.3) is 0 Å². The number of nitrogens with one attached hydrogen (secondary N) is 1. The van der Waals surface area contributed by atoms with E-state index in [0.717, 1.165) is 19.6 Å². The van der Waals surface area contributed by atoms with Crippen LogP contribution in [-0.2, 0) is 6.54 Å². The molecular formula is C14H22N2OS. The van der Waals surface area contributed by atoms with Gasteiger partial charge in [0.2, 0.25) is 0 Å². The normalized spacial score (nSPS) is 21.4. The number of hydrogen-bond donors (Lipinski definition) is 2. The van der Waals surface area contributed by atoms with Crippen LogP contribution in [0.2, 0.25) is 0 Å². The summed E-state index contributed by atoms with van der Waals surface area (Å²) in [5.74, 6) is 0. The van der Waals surface area contributed by atoms with E-state index in [2.05, 4.69) is 27.7 Å². The average molecular weight is 266 g/mol. The molecule has 2 saturated carbocycles. The van der Waals surface area contributed by atoms with Gasteiger partial charge >= 0.3 is 0 Å². The minimum absolute atomic E-state index is 0.230. The third-order valence-corrected chi connectivity index (χ3v) is 4.53. The molecule has 2 N–H and O–H groups in total. The Morgan fingerprint density at radius 3 is 2.83 bits per heavy atom. The third kappa shape index (κ3) is 3.79. The highest BCUT2D eigenvalue weighted by Crippen LogP contribution is 2.29. The van der Waals surface area contributed by atoms with Crippen LogP contribution in [0.1, 0.15) is 30.6 Å². The Kier molecular flexibility index (Phi) is 3.99. The Morgan fingerprint density at radius 2 is 2.22 bits per heavy atom. The molecule has 1 atom stereocenters. The predicted molar refractivity (Wildman–Crippen MR) is 74.8 cm³/mol. The maximum atomic E-state index is 10.1. The summed E-state index contributed by atoms with van der Waals surface area (Å²) in [5, 5.41) is 15.6. The molecule has 0 spiro atoms. The first-order valence-corrected chi connectivity index (χ1v) is 7.87. The molecule has 2 aliphatic rings. The largest absolute Gasteiger partial charge is 0.390 e. The molecule has 1 unspecified atom stereocenters. The molecule has 1 heterocycles. The van der Waals surface area contributed by atoms with E-state index in [-0.39, 0.29) is 6.10 Å². The SMILES string of the molecule is OC(CNC1CC1)CN(Cc1cccs1)C1CC1. The molecule has 4 heteroatoms. The molecule has 2 fully saturated rings. The van der Waals surface area contributed by atoms with Crippen LogP contribution in [0.15, 0.2) is 17.5 Å². The molecule has 0 amide bonds. The lowest BCUT2D eigenvalue weighted by molar-refractivity contribution is 0.103. The summed E-state index contributed by atoms with van der Waals surface area (Å²) in [6.45, 7) is 2.56. The van der Waals surface area contributed by atoms with Crippen LogP contribution in [0.5, 0.6) is 0 Å². The van der Waals surface area contributed by atoms with Crippen LogP contribution >= 0.6 is 11.3 Å². The summed E-state index contributed by atoms with van der Waals surface area (Å²) < 4.78 is 0. The zero-order valence-corrected chi connectivity index (χ0v) is 11.5. The molecule has 0 saturated heterocycles. The van der Waals surface area contributed by atoms with E-state index in [9.17, 15) is 5.11 Å². The van der Waals surface area contributed by atoms with Gasteiger partial charge < -0.3 is 10.4 Å². The number of aliphatic hydroxyl groups is 1. The van der Waals surface area contributed by atoms with Crippen molar-refractivity contribution in [1.29, 1.82) is 0 Å². The maximum absolute atomic E-state index is 10.1. The summed E-state index contributed by atoms with van der Waals surface area (Å²) in [5.41, 5.74) is 0. The van der Waals surface area contributed by atoms with Crippen molar-refractivity contribution in [2.75, 3.05) is 13.1 Å². The summed E-state index contributed by atoms with van der Waals surface area (Å²) in [7, 11) is 0. The van der Waals surface area contributed by atoms with E-state index in [4.69, 9.17) is 0 Å². The molecule has 0 aliphatic heterocycles. The zero-order chi connectivity index (χ0) is 12.4. The minimum atomic E-state index is -0.230. The van der Waals surface area contributed by atoms with Crippen molar-refractivity contribution < 1.29 is 5.11 Å². The molecule has 0 bridgehead atoms. The number of rotatable bonds is 8. The Bertz CT molecular complexity index is 360. The summed E-state index contributed by atoms with van der Waals surface area (Å²) in [4.78, 5) is 3.86. The van der Waals surface area contributed by atoms with Crippen molar-refractivity contribution in [2.24, 2.45) is 0 Å². The average Bonchev–Trinajstić information content (AvgIpc) is 3.27. The first kappa shape index (κ1) is 12.6. The second-order valence-electron chi connectivity index (χ2n) is 5.58. The molecule has 100 valence electrons. The van der Waals surface area contributed by atoms with Crippen molar-refractivity contribution in [1.82, 2.24) is 10.2 Å². The summed E-state index contributed by atoms with van der Waals surface area (Å²) in [6, 6.07) is 5.69. The Hall–Kier alpha value is -0.420. The smallest absolute Gasteiger partial charge is 0.0791 e. The van der Waals surface area contributed by atoms with Gasteiger partial charge in [0.05, 0.1) is 6.10 Å². The Morgan fingerprint density at radius 1 is 1.39 bits per heavy atom. The highest BCUT2D eigenvalue weighted by Gasteiger charge is 2.30. The highest BCUT2D eigenvalue weighted by molar-refractivity contribution is 7.09. The van der Waals surface area contributed by atoms with Crippen LogP contribution in [-0.4, -0.2) is 41.3 Å². The van der Waals surface area contributed by atoms with E-state index in [0.29, 0.717) is 12.1 Å². The number of thiophene rings is 1. The fourth-order valence-corrected chi connectivity index (χ4v) is 3.04. The molecule has 3 rings (SSSR count). The first-order chi connectivity index (χ1) is 8.81. The third-order valence-electron chi connectivity index (χ3n) is 3.67. The van der Waals surface area contributed by atoms with E-state index in [1.165, 1.54) is 30.6 Å². The fourth-order valence-electron chi connectivity index (χ4n) is 2.31. The van der Waals surface area contributed by atoms with Gasteiger partial charge in [0.25, 0.3) is 0 Å². The van der Waals surface area contributed by atoms with Gasteiger partial charge in [0.15, 0.2) is 0 Å². The van der Waals surface area contributed by atoms with Gasteiger partial charge in [-0.25, -0.2) is 0 Å². The predicted octanol–water partition coefficient (Wildman–Crippen LogP) is 1.83. The molecule has 2 aliphatic carbocycles. The van der Waals surface area contributed by atoms with E-state index >= 15 is 0 Å². The Balaban J connectivity index is 1.46. The molecular weight excluding hydrogens is 244 g/mol. The van der Waals surface area contributed by atoms with Crippen molar-refractivity contribution in [3.8, 4) is 0 Å².